The standard InChI is InChI=1S/C29H34O7S/c1-19-4-14-24(15-5-19)37-29-28(35-18-21-8-12-23(33-3)13-9-21)27(26(31)25(16-30)36-29)34-17-20-6-10-22(32-2)11-7-20/h4-15,25-31H,16-18H2,1-3H3/t25-,26+,27+,28-,29+/m1/s1. The normalized spacial score (nSPS) is 23.5. The lowest BCUT2D eigenvalue weighted by atomic mass is 9.99. The van der Waals surface area contributed by atoms with Crippen molar-refractivity contribution in [2.75, 3.05) is 20.8 Å². The molecule has 1 heterocycles. The first-order valence-corrected chi connectivity index (χ1v) is 13.1. The molecule has 1 fully saturated rings. The third kappa shape index (κ3) is 7.25. The summed E-state index contributed by atoms with van der Waals surface area (Å²) >= 11 is 1.49. The maximum absolute atomic E-state index is 11.1. The van der Waals surface area contributed by atoms with E-state index in [-0.39, 0.29) is 13.2 Å². The number of hydrogen-bond donors (Lipinski definition) is 2. The molecular weight excluding hydrogens is 492 g/mol. The van der Waals surface area contributed by atoms with Gasteiger partial charge in [-0.05, 0) is 54.4 Å². The van der Waals surface area contributed by atoms with Crippen LogP contribution in [0.3, 0.4) is 0 Å². The highest BCUT2D eigenvalue weighted by atomic mass is 32.2. The van der Waals surface area contributed by atoms with Crippen LogP contribution in [-0.2, 0) is 27.4 Å². The van der Waals surface area contributed by atoms with Crippen LogP contribution in [-0.4, -0.2) is 60.9 Å². The summed E-state index contributed by atoms with van der Waals surface area (Å²) in [5.74, 6) is 1.52. The Kier molecular flexibility index (Phi) is 9.85. The molecule has 0 amide bonds. The average molecular weight is 527 g/mol. The van der Waals surface area contributed by atoms with Gasteiger partial charge >= 0.3 is 0 Å². The molecule has 7 nitrogen and oxygen atoms in total. The summed E-state index contributed by atoms with van der Waals surface area (Å²) in [7, 11) is 3.25. The smallest absolute Gasteiger partial charge is 0.137 e. The van der Waals surface area contributed by atoms with E-state index in [1.165, 1.54) is 11.8 Å². The lowest BCUT2D eigenvalue weighted by Crippen LogP contribution is -2.59. The minimum atomic E-state index is -1.07. The zero-order valence-corrected chi connectivity index (χ0v) is 22.1. The number of hydrogen-bond acceptors (Lipinski definition) is 8. The minimum Gasteiger partial charge on any atom is -0.497 e. The Balaban J connectivity index is 1.56. The second-order valence-corrected chi connectivity index (χ2v) is 10.1. The van der Waals surface area contributed by atoms with Crippen LogP contribution in [0.2, 0.25) is 0 Å². The molecule has 1 aliphatic heterocycles. The van der Waals surface area contributed by atoms with E-state index >= 15 is 0 Å². The summed E-state index contributed by atoms with van der Waals surface area (Å²) in [6.45, 7) is 2.25. The van der Waals surface area contributed by atoms with Gasteiger partial charge in [0.25, 0.3) is 0 Å². The van der Waals surface area contributed by atoms with Crippen LogP contribution in [0, 0.1) is 6.92 Å². The molecule has 0 aromatic heterocycles. The summed E-state index contributed by atoms with van der Waals surface area (Å²) in [6.07, 6.45) is -3.21. The molecule has 1 aliphatic rings. The van der Waals surface area contributed by atoms with Crippen molar-refractivity contribution in [2.45, 2.75) is 54.9 Å². The van der Waals surface area contributed by atoms with Gasteiger partial charge < -0.3 is 33.9 Å². The van der Waals surface area contributed by atoms with Crippen molar-refractivity contribution in [1.82, 2.24) is 0 Å². The number of thioether (sulfide) groups is 1. The van der Waals surface area contributed by atoms with Crippen LogP contribution in [0.25, 0.3) is 0 Å². The highest BCUT2D eigenvalue weighted by molar-refractivity contribution is 7.99. The minimum absolute atomic E-state index is 0.258. The molecule has 2 N–H and O–H groups in total. The fraction of sp³-hybridized carbons (Fsp3) is 0.379. The van der Waals surface area contributed by atoms with Crippen molar-refractivity contribution in [3.8, 4) is 11.5 Å². The van der Waals surface area contributed by atoms with E-state index in [1.807, 2.05) is 79.7 Å². The van der Waals surface area contributed by atoms with E-state index in [9.17, 15) is 10.2 Å². The molecule has 0 spiro atoms. The fourth-order valence-corrected chi connectivity index (χ4v) is 5.21. The first-order valence-electron chi connectivity index (χ1n) is 12.2. The number of aliphatic hydroxyl groups excluding tert-OH is 2. The maximum atomic E-state index is 11.1. The molecule has 0 saturated carbocycles. The zero-order valence-electron chi connectivity index (χ0n) is 21.3. The summed E-state index contributed by atoms with van der Waals surface area (Å²) in [5, 5.41) is 21.1. The molecule has 3 aromatic rings. The van der Waals surface area contributed by atoms with Crippen LogP contribution in [0.4, 0.5) is 0 Å². The lowest BCUT2D eigenvalue weighted by molar-refractivity contribution is -0.237. The first-order chi connectivity index (χ1) is 18.0. The van der Waals surface area contributed by atoms with Gasteiger partial charge in [-0.15, -0.1) is 0 Å². The topological polar surface area (TPSA) is 86.6 Å². The van der Waals surface area contributed by atoms with Gasteiger partial charge in [-0.2, -0.15) is 0 Å². The van der Waals surface area contributed by atoms with Crippen molar-refractivity contribution in [3.63, 3.8) is 0 Å². The molecule has 0 radical (unpaired) electrons. The largest absolute Gasteiger partial charge is 0.497 e. The van der Waals surface area contributed by atoms with Gasteiger partial charge in [0.2, 0.25) is 0 Å². The summed E-state index contributed by atoms with van der Waals surface area (Å²) in [5.41, 5.74) is 2.53. The molecule has 37 heavy (non-hydrogen) atoms. The van der Waals surface area contributed by atoms with E-state index in [1.54, 1.807) is 14.2 Å². The SMILES string of the molecule is COc1ccc(CO[C@@H]2[C@@H](OCc3ccc(OC)cc3)[C@@H](O)[C@@H](CO)O[C@H]2Sc2ccc(C)cc2)cc1. The molecule has 4 rings (SSSR count). The average Bonchev–Trinajstić information content (AvgIpc) is 2.94. The summed E-state index contributed by atoms with van der Waals surface area (Å²) in [4.78, 5) is 0.996. The van der Waals surface area contributed by atoms with Crippen LogP contribution >= 0.6 is 11.8 Å². The molecular formula is C29H34O7S. The summed E-state index contributed by atoms with van der Waals surface area (Å²) in [6, 6.07) is 23.3. The van der Waals surface area contributed by atoms with Crippen molar-refractivity contribution >= 4 is 11.8 Å². The maximum Gasteiger partial charge on any atom is 0.137 e. The van der Waals surface area contributed by atoms with Crippen LogP contribution in [0.15, 0.2) is 77.7 Å². The van der Waals surface area contributed by atoms with E-state index in [2.05, 4.69) is 0 Å². The fourth-order valence-electron chi connectivity index (χ4n) is 4.08. The third-order valence-corrected chi connectivity index (χ3v) is 7.43. The second kappa shape index (κ2) is 13.3. The summed E-state index contributed by atoms with van der Waals surface area (Å²) < 4.78 is 29.3. The van der Waals surface area contributed by atoms with Gasteiger partial charge in [0.05, 0.1) is 34.0 Å². The molecule has 198 valence electrons. The van der Waals surface area contributed by atoms with Crippen molar-refractivity contribution in [3.05, 3.63) is 89.5 Å². The zero-order chi connectivity index (χ0) is 26.2. The monoisotopic (exact) mass is 526 g/mol. The number of aliphatic hydroxyl groups is 2. The Morgan fingerprint density at radius 3 is 1.76 bits per heavy atom. The number of benzene rings is 3. The Labute approximate surface area is 222 Å². The predicted octanol–water partition coefficient (Wildman–Crippen LogP) is 4.35. The van der Waals surface area contributed by atoms with Crippen molar-refractivity contribution in [1.29, 1.82) is 0 Å². The van der Waals surface area contributed by atoms with Crippen LogP contribution in [0.5, 0.6) is 11.5 Å². The molecule has 3 aromatic carbocycles. The number of rotatable bonds is 11. The molecule has 1 saturated heterocycles. The highest BCUT2D eigenvalue weighted by Crippen LogP contribution is 2.37. The predicted molar refractivity (Wildman–Crippen MR) is 142 cm³/mol. The van der Waals surface area contributed by atoms with Crippen molar-refractivity contribution in [2.24, 2.45) is 0 Å². The van der Waals surface area contributed by atoms with Gasteiger partial charge in [-0.1, -0.05) is 53.7 Å². The second-order valence-electron chi connectivity index (χ2n) is 8.89. The van der Waals surface area contributed by atoms with Gasteiger partial charge in [-0.25, -0.2) is 0 Å². The van der Waals surface area contributed by atoms with Gasteiger partial charge in [-0.3, -0.25) is 0 Å². The number of ether oxygens (including phenoxy) is 5. The molecule has 0 bridgehead atoms. The molecule has 5 atom stereocenters. The first kappa shape index (κ1) is 27.4. The number of aryl methyl sites for hydroxylation is 1. The molecule has 0 aliphatic carbocycles. The third-order valence-electron chi connectivity index (χ3n) is 6.27. The Hall–Kier alpha value is -2.59. The van der Waals surface area contributed by atoms with E-state index < -0.39 is 29.9 Å². The van der Waals surface area contributed by atoms with Gasteiger partial charge in [0.1, 0.15) is 41.4 Å². The van der Waals surface area contributed by atoms with E-state index in [0.717, 1.165) is 33.1 Å². The Bertz CT molecular complexity index is 1090. The van der Waals surface area contributed by atoms with Crippen LogP contribution in [0.1, 0.15) is 16.7 Å². The Morgan fingerprint density at radius 2 is 1.27 bits per heavy atom. The molecule has 0 unspecified atom stereocenters. The van der Waals surface area contributed by atoms with Crippen LogP contribution < -0.4 is 9.47 Å². The van der Waals surface area contributed by atoms with Crippen molar-refractivity contribution < 1.29 is 33.9 Å². The lowest BCUT2D eigenvalue weighted by Gasteiger charge is -2.43. The van der Waals surface area contributed by atoms with E-state index in [0.29, 0.717) is 6.61 Å². The van der Waals surface area contributed by atoms with Gasteiger partial charge in [0, 0.05) is 4.90 Å². The van der Waals surface area contributed by atoms with Gasteiger partial charge in [0.15, 0.2) is 0 Å². The Morgan fingerprint density at radius 1 is 0.757 bits per heavy atom. The highest BCUT2D eigenvalue weighted by Gasteiger charge is 2.47. The molecule has 8 heteroatoms. The van der Waals surface area contributed by atoms with E-state index in [4.69, 9.17) is 23.7 Å². The number of methoxy groups -OCH3 is 2. The quantitative estimate of drug-likeness (QED) is 0.381.